The molecule has 0 bridgehead atoms. The lowest BCUT2D eigenvalue weighted by Gasteiger charge is -2.25. The molecule has 0 unspecified atom stereocenters. The summed E-state index contributed by atoms with van der Waals surface area (Å²) in [4.78, 5) is 13.1. The highest BCUT2D eigenvalue weighted by Gasteiger charge is 2.29. The standard InChI is InChI=1S/C26H30N2O7S/c1-17-11-18(2)13-19(12-17)28(36(30,31)21-8-10-23(33-4)25(15-21)35-6)16-26(29)27-22-9-7-20(32-3)14-24(22)34-5/h7-15H,16H2,1-6H3,(H,27,29). The van der Waals surface area contributed by atoms with Crippen molar-refractivity contribution < 1.29 is 32.2 Å². The molecule has 0 aliphatic carbocycles. The van der Waals surface area contributed by atoms with Crippen LogP contribution in [0.25, 0.3) is 0 Å². The van der Waals surface area contributed by atoms with Gasteiger partial charge in [-0.25, -0.2) is 8.42 Å². The van der Waals surface area contributed by atoms with E-state index in [-0.39, 0.29) is 10.6 Å². The minimum atomic E-state index is -4.17. The third-order valence-electron chi connectivity index (χ3n) is 5.41. The second-order valence-electron chi connectivity index (χ2n) is 7.99. The summed E-state index contributed by atoms with van der Waals surface area (Å²) in [6.45, 7) is 3.24. The number of nitrogens with zero attached hydrogens (tertiary/aromatic N) is 1. The van der Waals surface area contributed by atoms with E-state index in [1.165, 1.54) is 46.6 Å². The molecule has 0 fully saturated rings. The van der Waals surface area contributed by atoms with Crippen LogP contribution < -0.4 is 28.6 Å². The maximum absolute atomic E-state index is 13.8. The third-order valence-corrected chi connectivity index (χ3v) is 7.18. The molecule has 0 saturated carbocycles. The molecule has 192 valence electrons. The summed E-state index contributed by atoms with van der Waals surface area (Å²) >= 11 is 0. The van der Waals surface area contributed by atoms with Gasteiger partial charge in [0.2, 0.25) is 5.91 Å². The highest BCUT2D eigenvalue weighted by molar-refractivity contribution is 7.92. The Labute approximate surface area is 211 Å². The maximum atomic E-state index is 13.8. The molecule has 1 N–H and O–H groups in total. The second kappa shape index (κ2) is 11.2. The second-order valence-corrected chi connectivity index (χ2v) is 9.85. The van der Waals surface area contributed by atoms with Crippen molar-refractivity contribution in [3.63, 3.8) is 0 Å². The van der Waals surface area contributed by atoms with Crippen LogP contribution in [0.1, 0.15) is 11.1 Å². The summed E-state index contributed by atoms with van der Waals surface area (Å²) in [7, 11) is 1.70. The lowest BCUT2D eigenvalue weighted by Crippen LogP contribution is -2.38. The molecule has 9 nitrogen and oxygen atoms in total. The molecule has 3 aromatic carbocycles. The zero-order valence-electron chi connectivity index (χ0n) is 21.1. The van der Waals surface area contributed by atoms with E-state index in [1.807, 2.05) is 19.9 Å². The van der Waals surface area contributed by atoms with E-state index in [0.29, 0.717) is 28.6 Å². The van der Waals surface area contributed by atoms with Crippen LogP contribution in [-0.4, -0.2) is 49.3 Å². The molecule has 0 aliphatic heterocycles. The highest BCUT2D eigenvalue weighted by atomic mass is 32.2. The van der Waals surface area contributed by atoms with Gasteiger partial charge in [-0.05, 0) is 61.4 Å². The molecule has 3 aromatic rings. The van der Waals surface area contributed by atoms with Gasteiger partial charge in [-0.1, -0.05) is 6.07 Å². The molecule has 0 spiro atoms. The Kier molecular flexibility index (Phi) is 8.31. The Morgan fingerprint density at radius 3 is 2.00 bits per heavy atom. The van der Waals surface area contributed by atoms with E-state index in [9.17, 15) is 13.2 Å². The maximum Gasteiger partial charge on any atom is 0.264 e. The van der Waals surface area contributed by atoms with Gasteiger partial charge in [-0.15, -0.1) is 0 Å². The number of methoxy groups -OCH3 is 4. The first-order chi connectivity index (χ1) is 17.1. The minimum absolute atomic E-state index is 0.0471. The predicted octanol–water partition coefficient (Wildman–Crippen LogP) is 4.17. The number of anilines is 2. The van der Waals surface area contributed by atoms with E-state index in [2.05, 4.69) is 5.32 Å². The molecule has 0 aromatic heterocycles. The van der Waals surface area contributed by atoms with Crippen LogP contribution in [0.4, 0.5) is 11.4 Å². The van der Waals surface area contributed by atoms with Gasteiger partial charge in [-0.2, -0.15) is 0 Å². The summed E-state index contributed by atoms with van der Waals surface area (Å²) in [5.74, 6) is 1.02. The fourth-order valence-electron chi connectivity index (χ4n) is 3.74. The van der Waals surface area contributed by atoms with Gasteiger partial charge in [0.15, 0.2) is 11.5 Å². The van der Waals surface area contributed by atoms with Gasteiger partial charge in [-0.3, -0.25) is 9.10 Å². The number of aryl methyl sites for hydroxylation is 2. The summed E-state index contributed by atoms with van der Waals surface area (Å²) in [5.41, 5.74) is 2.45. The molecule has 3 rings (SSSR count). The average molecular weight is 515 g/mol. The Hall–Kier alpha value is -3.92. The molecular weight excluding hydrogens is 484 g/mol. The van der Waals surface area contributed by atoms with Crippen LogP contribution in [0.2, 0.25) is 0 Å². The van der Waals surface area contributed by atoms with Crippen molar-refractivity contribution in [2.75, 3.05) is 44.6 Å². The number of hydrogen-bond donors (Lipinski definition) is 1. The smallest absolute Gasteiger partial charge is 0.264 e. The van der Waals surface area contributed by atoms with Gasteiger partial charge in [0.25, 0.3) is 10.0 Å². The quantitative estimate of drug-likeness (QED) is 0.433. The number of rotatable bonds is 10. The van der Waals surface area contributed by atoms with E-state index in [1.54, 1.807) is 30.3 Å². The molecule has 0 aliphatic rings. The van der Waals surface area contributed by atoms with Crippen LogP contribution in [-0.2, 0) is 14.8 Å². The monoisotopic (exact) mass is 514 g/mol. The van der Waals surface area contributed by atoms with Crippen LogP contribution in [0.15, 0.2) is 59.5 Å². The van der Waals surface area contributed by atoms with Gasteiger partial charge in [0.1, 0.15) is 18.0 Å². The lowest BCUT2D eigenvalue weighted by atomic mass is 10.1. The fraction of sp³-hybridized carbons (Fsp3) is 0.269. The van der Waals surface area contributed by atoms with Crippen molar-refractivity contribution in [3.8, 4) is 23.0 Å². The fourth-order valence-corrected chi connectivity index (χ4v) is 5.16. The molecule has 0 atom stereocenters. The average Bonchev–Trinajstić information content (AvgIpc) is 2.86. The van der Waals surface area contributed by atoms with Crippen LogP contribution >= 0.6 is 0 Å². The Balaban J connectivity index is 2.03. The van der Waals surface area contributed by atoms with E-state index < -0.39 is 22.5 Å². The Morgan fingerprint density at radius 2 is 1.42 bits per heavy atom. The third kappa shape index (κ3) is 5.83. The number of hydrogen-bond acceptors (Lipinski definition) is 7. The number of amides is 1. The highest BCUT2D eigenvalue weighted by Crippen LogP contribution is 2.33. The Bertz CT molecular complexity index is 1340. The van der Waals surface area contributed by atoms with Crippen molar-refractivity contribution in [2.45, 2.75) is 18.7 Å². The van der Waals surface area contributed by atoms with Crippen molar-refractivity contribution >= 4 is 27.3 Å². The molecule has 10 heteroatoms. The van der Waals surface area contributed by atoms with Gasteiger partial charge >= 0.3 is 0 Å². The number of nitrogens with one attached hydrogen (secondary N) is 1. The van der Waals surface area contributed by atoms with Crippen molar-refractivity contribution in [1.82, 2.24) is 0 Å². The first-order valence-corrected chi connectivity index (χ1v) is 12.4. The molecule has 0 heterocycles. The SMILES string of the molecule is COc1ccc(NC(=O)CN(c2cc(C)cc(C)c2)S(=O)(=O)c2ccc(OC)c(OC)c2)c(OC)c1. The van der Waals surface area contributed by atoms with Crippen molar-refractivity contribution in [1.29, 1.82) is 0 Å². The summed E-state index contributed by atoms with van der Waals surface area (Å²) in [5, 5.41) is 2.74. The van der Waals surface area contributed by atoms with Gasteiger partial charge in [0, 0.05) is 12.1 Å². The summed E-state index contributed by atoms with van der Waals surface area (Å²) in [6, 6.07) is 14.6. The van der Waals surface area contributed by atoms with Crippen molar-refractivity contribution in [2.24, 2.45) is 0 Å². The van der Waals surface area contributed by atoms with Crippen LogP contribution in [0.5, 0.6) is 23.0 Å². The van der Waals surface area contributed by atoms with Crippen LogP contribution in [0, 0.1) is 13.8 Å². The largest absolute Gasteiger partial charge is 0.497 e. The van der Waals surface area contributed by atoms with E-state index >= 15 is 0 Å². The van der Waals surface area contributed by atoms with Gasteiger partial charge in [0.05, 0.1) is 44.7 Å². The van der Waals surface area contributed by atoms with Crippen molar-refractivity contribution in [3.05, 3.63) is 65.7 Å². The van der Waals surface area contributed by atoms with E-state index in [4.69, 9.17) is 18.9 Å². The normalized spacial score (nSPS) is 10.9. The number of benzene rings is 3. The predicted molar refractivity (Wildman–Crippen MR) is 138 cm³/mol. The minimum Gasteiger partial charge on any atom is -0.497 e. The molecule has 0 saturated heterocycles. The first kappa shape index (κ1) is 26.7. The topological polar surface area (TPSA) is 103 Å². The zero-order chi connectivity index (χ0) is 26.5. The van der Waals surface area contributed by atoms with E-state index in [0.717, 1.165) is 15.4 Å². The lowest BCUT2D eigenvalue weighted by molar-refractivity contribution is -0.114. The summed E-state index contributed by atoms with van der Waals surface area (Å²) in [6.07, 6.45) is 0. The van der Waals surface area contributed by atoms with Crippen LogP contribution in [0.3, 0.4) is 0 Å². The summed E-state index contributed by atoms with van der Waals surface area (Å²) < 4.78 is 49.8. The number of carbonyl (C=O) groups is 1. The number of sulfonamides is 1. The molecule has 36 heavy (non-hydrogen) atoms. The van der Waals surface area contributed by atoms with Gasteiger partial charge < -0.3 is 24.3 Å². The molecule has 0 radical (unpaired) electrons. The zero-order valence-corrected chi connectivity index (χ0v) is 21.9. The number of carbonyl (C=O) groups excluding carboxylic acids is 1. The molecular formula is C26H30N2O7S. The number of ether oxygens (including phenoxy) is 4. The first-order valence-electron chi connectivity index (χ1n) is 11.0. The molecule has 1 amide bonds. The Morgan fingerprint density at radius 1 is 0.778 bits per heavy atom.